The van der Waals surface area contributed by atoms with Gasteiger partial charge >= 0.3 is 0 Å². The van der Waals surface area contributed by atoms with Crippen molar-refractivity contribution in [3.8, 4) is 0 Å². The molecule has 2 aromatic rings. The Morgan fingerprint density at radius 1 is 1.40 bits per heavy atom. The average molecular weight is 284 g/mol. The summed E-state index contributed by atoms with van der Waals surface area (Å²) in [4.78, 5) is 9.56. The van der Waals surface area contributed by atoms with Crippen LogP contribution in [-0.2, 0) is 6.42 Å². The first kappa shape index (κ1) is 10.6. The third-order valence-electron chi connectivity index (χ3n) is 1.98. The Morgan fingerprint density at radius 3 is 2.73 bits per heavy atom. The lowest BCUT2D eigenvalue weighted by molar-refractivity contribution is 1.16. The molecular weight excluding hydrogens is 274 g/mol. The second-order valence-corrected chi connectivity index (χ2v) is 4.85. The number of nitrogens with zero attached hydrogens (tertiary/aromatic N) is 2. The summed E-state index contributed by atoms with van der Waals surface area (Å²) < 4.78 is 0.925. The summed E-state index contributed by atoms with van der Waals surface area (Å²) in [6, 6.07) is 4.04. The van der Waals surface area contributed by atoms with E-state index in [4.69, 9.17) is 0 Å². The molecule has 2 rings (SSSR count). The van der Waals surface area contributed by atoms with E-state index in [1.165, 1.54) is 10.4 Å². The highest BCUT2D eigenvalue weighted by Gasteiger charge is 2.08. The predicted molar refractivity (Wildman–Crippen MR) is 66.4 cm³/mol. The van der Waals surface area contributed by atoms with Crippen LogP contribution < -0.4 is 5.32 Å². The van der Waals surface area contributed by atoms with Crippen molar-refractivity contribution < 1.29 is 0 Å². The van der Waals surface area contributed by atoms with E-state index in [-0.39, 0.29) is 0 Å². The van der Waals surface area contributed by atoms with Crippen LogP contribution in [0.25, 0.3) is 0 Å². The van der Waals surface area contributed by atoms with Gasteiger partial charge in [0.05, 0.1) is 0 Å². The van der Waals surface area contributed by atoms with Gasteiger partial charge in [-0.1, -0.05) is 0 Å². The number of thiazole rings is 1. The SMILES string of the molecule is CNc1nc(Br)c(Cc2ccncc2)s1. The van der Waals surface area contributed by atoms with Crippen LogP contribution >= 0.6 is 27.3 Å². The summed E-state index contributed by atoms with van der Waals surface area (Å²) in [6.07, 6.45) is 4.51. The van der Waals surface area contributed by atoms with Crippen LogP contribution in [0.5, 0.6) is 0 Å². The van der Waals surface area contributed by atoms with E-state index in [2.05, 4.69) is 31.2 Å². The first-order chi connectivity index (χ1) is 7.29. The molecule has 3 nitrogen and oxygen atoms in total. The molecule has 0 atom stereocenters. The van der Waals surface area contributed by atoms with Gasteiger partial charge in [-0.05, 0) is 33.6 Å². The van der Waals surface area contributed by atoms with E-state index >= 15 is 0 Å². The lowest BCUT2D eigenvalue weighted by Gasteiger charge is -1.97. The average Bonchev–Trinajstić information content (AvgIpc) is 2.61. The van der Waals surface area contributed by atoms with E-state index in [1.807, 2.05) is 31.6 Å². The highest BCUT2D eigenvalue weighted by atomic mass is 79.9. The Balaban J connectivity index is 2.21. The summed E-state index contributed by atoms with van der Waals surface area (Å²) in [5.74, 6) is 0. The van der Waals surface area contributed by atoms with Crippen molar-refractivity contribution in [1.29, 1.82) is 0 Å². The predicted octanol–water partition coefficient (Wildman–Crippen LogP) is 2.93. The Bertz CT molecular complexity index is 441. The van der Waals surface area contributed by atoms with Gasteiger partial charge in [-0.3, -0.25) is 4.98 Å². The second-order valence-electron chi connectivity index (χ2n) is 3.02. The molecule has 0 aliphatic rings. The van der Waals surface area contributed by atoms with E-state index in [0.29, 0.717) is 0 Å². The zero-order chi connectivity index (χ0) is 10.7. The zero-order valence-electron chi connectivity index (χ0n) is 8.20. The van der Waals surface area contributed by atoms with Gasteiger partial charge in [0.15, 0.2) is 5.13 Å². The van der Waals surface area contributed by atoms with Gasteiger partial charge in [0, 0.05) is 30.7 Å². The third kappa shape index (κ3) is 2.54. The van der Waals surface area contributed by atoms with Gasteiger partial charge in [0.25, 0.3) is 0 Å². The van der Waals surface area contributed by atoms with Crippen LogP contribution in [0.1, 0.15) is 10.4 Å². The lowest BCUT2D eigenvalue weighted by Crippen LogP contribution is -1.85. The highest BCUT2D eigenvalue weighted by Crippen LogP contribution is 2.28. The van der Waals surface area contributed by atoms with Gasteiger partial charge in [0.1, 0.15) is 4.60 Å². The molecule has 78 valence electrons. The van der Waals surface area contributed by atoms with Crippen LogP contribution in [-0.4, -0.2) is 17.0 Å². The number of rotatable bonds is 3. The fraction of sp³-hybridized carbons (Fsp3) is 0.200. The molecule has 0 radical (unpaired) electrons. The van der Waals surface area contributed by atoms with Crippen molar-refractivity contribution in [3.05, 3.63) is 39.6 Å². The molecular formula is C10H10BrN3S. The monoisotopic (exact) mass is 283 g/mol. The van der Waals surface area contributed by atoms with Gasteiger partial charge in [-0.2, -0.15) is 0 Å². The first-order valence-corrected chi connectivity index (χ1v) is 6.12. The molecule has 0 unspecified atom stereocenters. The Kier molecular flexibility index (Phi) is 3.33. The van der Waals surface area contributed by atoms with E-state index in [0.717, 1.165) is 16.2 Å². The van der Waals surface area contributed by atoms with Crippen molar-refractivity contribution in [2.75, 3.05) is 12.4 Å². The van der Waals surface area contributed by atoms with Crippen LogP contribution in [0.2, 0.25) is 0 Å². The Hall–Kier alpha value is -0.940. The number of halogens is 1. The standard InChI is InChI=1S/C10H10BrN3S/c1-12-10-14-9(11)8(15-10)6-7-2-4-13-5-3-7/h2-5H,6H2,1H3,(H,12,14). The zero-order valence-corrected chi connectivity index (χ0v) is 10.6. The molecule has 2 aromatic heterocycles. The number of hydrogen-bond acceptors (Lipinski definition) is 4. The summed E-state index contributed by atoms with van der Waals surface area (Å²) in [6.45, 7) is 0. The summed E-state index contributed by atoms with van der Waals surface area (Å²) in [7, 11) is 1.88. The molecule has 0 aromatic carbocycles. The molecule has 1 N–H and O–H groups in total. The van der Waals surface area contributed by atoms with Crippen molar-refractivity contribution >= 4 is 32.4 Å². The fourth-order valence-electron chi connectivity index (χ4n) is 1.24. The third-order valence-corrected chi connectivity index (χ3v) is 3.97. The van der Waals surface area contributed by atoms with E-state index < -0.39 is 0 Å². The smallest absolute Gasteiger partial charge is 0.183 e. The molecule has 0 aliphatic carbocycles. The normalized spacial score (nSPS) is 10.3. The van der Waals surface area contributed by atoms with Gasteiger partial charge in [-0.15, -0.1) is 11.3 Å². The summed E-state index contributed by atoms with van der Waals surface area (Å²) in [5.41, 5.74) is 1.25. The number of aromatic nitrogens is 2. The molecule has 0 fully saturated rings. The molecule has 0 saturated heterocycles. The summed E-state index contributed by atoms with van der Waals surface area (Å²) >= 11 is 5.12. The minimum atomic E-state index is 0.891. The minimum Gasteiger partial charge on any atom is -0.365 e. The Morgan fingerprint density at radius 2 is 2.13 bits per heavy atom. The molecule has 2 heterocycles. The van der Waals surface area contributed by atoms with Gasteiger partial charge in [-0.25, -0.2) is 4.98 Å². The number of hydrogen-bond donors (Lipinski definition) is 1. The molecule has 0 saturated carbocycles. The van der Waals surface area contributed by atoms with Crippen LogP contribution in [0.15, 0.2) is 29.1 Å². The molecule has 5 heteroatoms. The minimum absolute atomic E-state index is 0.891. The largest absolute Gasteiger partial charge is 0.365 e. The molecule has 0 spiro atoms. The fourth-order valence-corrected chi connectivity index (χ4v) is 2.75. The molecule has 15 heavy (non-hydrogen) atoms. The topological polar surface area (TPSA) is 37.8 Å². The lowest BCUT2D eigenvalue weighted by atomic mass is 10.2. The van der Waals surface area contributed by atoms with Crippen molar-refractivity contribution in [2.45, 2.75) is 6.42 Å². The summed E-state index contributed by atoms with van der Waals surface area (Å²) in [5, 5.41) is 3.98. The second kappa shape index (κ2) is 4.72. The van der Waals surface area contributed by atoms with Crippen molar-refractivity contribution in [3.63, 3.8) is 0 Å². The highest BCUT2D eigenvalue weighted by molar-refractivity contribution is 9.10. The van der Waals surface area contributed by atoms with Crippen LogP contribution in [0, 0.1) is 0 Å². The molecule has 0 amide bonds. The van der Waals surface area contributed by atoms with Crippen molar-refractivity contribution in [1.82, 2.24) is 9.97 Å². The molecule has 0 aliphatic heterocycles. The van der Waals surface area contributed by atoms with Crippen LogP contribution in [0.3, 0.4) is 0 Å². The van der Waals surface area contributed by atoms with Crippen molar-refractivity contribution in [2.24, 2.45) is 0 Å². The maximum Gasteiger partial charge on any atom is 0.183 e. The van der Waals surface area contributed by atoms with Gasteiger partial charge in [0.2, 0.25) is 0 Å². The maximum absolute atomic E-state index is 4.33. The first-order valence-electron chi connectivity index (χ1n) is 4.51. The maximum atomic E-state index is 4.33. The number of anilines is 1. The van der Waals surface area contributed by atoms with Gasteiger partial charge < -0.3 is 5.32 Å². The number of pyridine rings is 1. The molecule has 0 bridgehead atoms. The van der Waals surface area contributed by atoms with Crippen LogP contribution in [0.4, 0.5) is 5.13 Å². The Labute approximate surface area is 101 Å². The van der Waals surface area contributed by atoms with E-state index in [9.17, 15) is 0 Å². The quantitative estimate of drug-likeness (QED) is 0.941. The number of nitrogens with one attached hydrogen (secondary N) is 1. The van der Waals surface area contributed by atoms with E-state index in [1.54, 1.807) is 11.3 Å².